The SMILES string of the molecule is CC1(Cc2ccccc2Cl)CCc2cc(C(=O)N(CC(=O)O)Cc3ccc(C(C)(C)C)cc3)ccc2O1. The van der Waals surface area contributed by atoms with E-state index in [1.165, 1.54) is 10.5 Å². The number of aliphatic carboxylic acids is 1. The largest absolute Gasteiger partial charge is 0.487 e. The van der Waals surface area contributed by atoms with Crippen LogP contribution in [0.1, 0.15) is 66.7 Å². The van der Waals surface area contributed by atoms with Crippen molar-refractivity contribution in [2.75, 3.05) is 6.54 Å². The molecule has 1 atom stereocenters. The number of amides is 1. The van der Waals surface area contributed by atoms with Crippen LogP contribution in [0, 0.1) is 0 Å². The zero-order chi connectivity index (χ0) is 26.8. The second-order valence-electron chi connectivity index (χ2n) is 11.1. The lowest BCUT2D eigenvalue weighted by Crippen LogP contribution is -2.39. The summed E-state index contributed by atoms with van der Waals surface area (Å²) in [6, 6.07) is 21.2. The highest BCUT2D eigenvalue weighted by molar-refractivity contribution is 6.31. The summed E-state index contributed by atoms with van der Waals surface area (Å²) in [5.41, 5.74) is 4.14. The number of carbonyl (C=O) groups is 2. The fourth-order valence-corrected chi connectivity index (χ4v) is 4.97. The van der Waals surface area contributed by atoms with Crippen molar-refractivity contribution in [1.82, 2.24) is 4.90 Å². The van der Waals surface area contributed by atoms with Gasteiger partial charge in [-0.2, -0.15) is 0 Å². The second kappa shape index (κ2) is 10.6. The van der Waals surface area contributed by atoms with E-state index in [1.54, 1.807) is 6.07 Å². The predicted molar refractivity (Wildman–Crippen MR) is 146 cm³/mol. The first-order valence-corrected chi connectivity index (χ1v) is 13.0. The summed E-state index contributed by atoms with van der Waals surface area (Å²) < 4.78 is 6.39. The van der Waals surface area contributed by atoms with E-state index in [0.29, 0.717) is 12.0 Å². The lowest BCUT2D eigenvalue weighted by atomic mass is 9.86. The summed E-state index contributed by atoms with van der Waals surface area (Å²) in [4.78, 5) is 26.4. The molecule has 0 aromatic heterocycles. The fourth-order valence-electron chi connectivity index (χ4n) is 4.77. The van der Waals surface area contributed by atoms with Crippen molar-refractivity contribution < 1.29 is 19.4 Å². The number of nitrogens with zero attached hydrogens (tertiary/aromatic N) is 1. The molecule has 1 aliphatic rings. The van der Waals surface area contributed by atoms with Gasteiger partial charge in [0.25, 0.3) is 5.91 Å². The number of hydrogen-bond acceptors (Lipinski definition) is 3. The predicted octanol–water partition coefficient (Wildman–Crippen LogP) is 6.69. The Morgan fingerprint density at radius 3 is 2.41 bits per heavy atom. The highest BCUT2D eigenvalue weighted by atomic mass is 35.5. The smallest absolute Gasteiger partial charge is 0.323 e. The van der Waals surface area contributed by atoms with E-state index < -0.39 is 11.6 Å². The van der Waals surface area contributed by atoms with Crippen LogP contribution in [-0.2, 0) is 29.6 Å². The molecule has 0 saturated heterocycles. The van der Waals surface area contributed by atoms with Gasteiger partial charge in [-0.25, -0.2) is 0 Å². The Morgan fingerprint density at radius 2 is 1.76 bits per heavy atom. The standard InChI is InChI=1S/C31H34ClNO4/c1-30(2,3)25-12-9-21(10-13-25)19-33(20-28(34)35)29(36)23-11-14-27-22(17-23)15-16-31(4,37-27)18-24-7-5-6-8-26(24)32/h5-14,17H,15-16,18-20H2,1-4H3,(H,34,35). The highest BCUT2D eigenvalue weighted by Crippen LogP contribution is 2.37. The van der Waals surface area contributed by atoms with Crippen molar-refractivity contribution in [3.05, 3.63) is 99.6 Å². The molecule has 0 bridgehead atoms. The van der Waals surface area contributed by atoms with Gasteiger partial charge >= 0.3 is 5.97 Å². The van der Waals surface area contributed by atoms with Gasteiger partial charge in [-0.3, -0.25) is 9.59 Å². The maximum absolute atomic E-state index is 13.4. The number of rotatable bonds is 7. The molecule has 3 aromatic carbocycles. The minimum Gasteiger partial charge on any atom is -0.487 e. The molecular weight excluding hydrogens is 486 g/mol. The van der Waals surface area contributed by atoms with Gasteiger partial charge in [0.2, 0.25) is 0 Å². The Morgan fingerprint density at radius 1 is 1.05 bits per heavy atom. The molecule has 4 rings (SSSR count). The maximum Gasteiger partial charge on any atom is 0.323 e. The molecule has 194 valence electrons. The van der Waals surface area contributed by atoms with Crippen LogP contribution in [-0.4, -0.2) is 34.0 Å². The molecule has 0 aliphatic carbocycles. The maximum atomic E-state index is 13.4. The molecule has 1 N–H and O–H groups in total. The number of carbonyl (C=O) groups excluding carboxylic acids is 1. The van der Waals surface area contributed by atoms with Crippen LogP contribution in [0.4, 0.5) is 0 Å². The van der Waals surface area contributed by atoms with E-state index in [0.717, 1.165) is 40.3 Å². The number of hydrogen-bond donors (Lipinski definition) is 1. The van der Waals surface area contributed by atoms with Crippen LogP contribution in [0.5, 0.6) is 5.75 Å². The van der Waals surface area contributed by atoms with Crippen LogP contribution in [0.25, 0.3) is 0 Å². The summed E-state index contributed by atoms with van der Waals surface area (Å²) in [7, 11) is 0. The van der Waals surface area contributed by atoms with Gasteiger partial charge in [0.15, 0.2) is 0 Å². The average molecular weight is 520 g/mol. The van der Waals surface area contributed by atoms with Gasteiger partial charge in [-0.1, -0.05) is 74.8 Å². The Kier molecular flexibility index (Phi) is 7.65. The zero-order valence-corrected chi connectivity index (χ0v) is 22.6. The molecule has 0 radical (unpaired) electrons. The summed E-state index contributed by atoms with van der Waals surface area (Å²) in [5, 5.41) is 10.2. The fraction of sp³-hybridized carbons (Fsp3) is 0.355. The number of carboxylic acids is 1. The van der Waals surface area contributed by atoms with Crippen LogP contribution < -0.4 is 4.74 Å². The number of fused-ring (bicyclic) bond motifs is 1. The first-order chi connectivity index (χ1) is 17.4. The van der Waals surface area contributed by atoms with Gasteiger partial charge in [0.05, 0.1) is 0 Å². The minimum absolute atomic E-state index is 0.0176. The van der Waals surface area contributed by atoms with Crippen molar-refractivity contribution >= 4 is 23.5 Å². The molecule has 3 aromatic rings. The van der Waals surface area contributed by atoms with Crippen molar-refractivity contribution in [1.29, 1.82) is 0 Å². The first-order valence-electron chi connectivity index (χ1n) is 12.6. The number of halogens is 1. The lowest BCUT2D eigenvalue weighted by Gasteiger charge is -2.36. The topological polar surface area (TPSA) is 66.8 Å². The average Bonchev–Trinajstić information content (AvgIpc) is 2.84. The Hall–Kier alpha value is -3.31. The molecular formula is C31H34ClNO4. The number of benzene rings is 3. The third-order valence-electron chi connectivity index (χ3n) is 6.92. The second-order valence-corrected chi connectivity index (χ2v) is 11.6. The highest BCUT2D eigenvalue weighted by Gasteiger charge is 2.33. The normalized spacial score (nSPS) is 17.0. The molecule has 1 unspecified atom stereocenters. The first kappa shape index (κ1) is 26.7. The molecule has 0 spiro atoms. The van der Waals surface area contributed by atoms with Crippen LogP contribution >= 0.6 is 11.6 Å². The molecule has 37 heavy (non-hydrogen) atoms. The molecule has 0 saturated carbocycles. The molecule has 1 heterocycles. The van der Waals surface area contributed by atoms with Crippen molar-refractivity contribution in [2.24, 2.45) is 0 Å². The summed E-state index contributed by atoms with van der Waals surface area (Å²) in [6.45, 7) is 8.35. The Labute approximate surface area is 224 Å². The quantitative estimate of drug-likeness (QED) is 0.377. The van der Waals surface area contributed by atoms with Crippen molar-refractivity contribution in [2.45, 2.75) is 64.5 Å². The molecule has 5 nitrogen and oxygen atoms in total. The van der Waals surface area contributed by atoms with Gasteiger partial charge < -0.3 is 14.7 Å². The lowest BCUT2D eigenvalue weighted by molar-refractivity contribution is -0.137. The zero-order valence-electron chi connectivity index (χ0n) is 21.9. The molecule has 0 fully saturated rings. The van der Waals surface area contributed by atoms with E-state index in [1.807, 2.05) is 60.7 Å². The minimum atomic E-state index is -1.05. The Balaban J connectivity index is 1.51. The van der Waals surface area contributed by atoms with E-state index in [4.69, 9.17) is 16.3 Å². The van der Waals surface area contributed by atoms with Crippen LogP contribution in [0.3, 0.4) is 0 Å². The summed E-state index contributed by atoms with van der Waals surface area (Å²) >= 11 is 6.37. The molecule has 6 heteroatoms. The monoisotopic (exact) mass is 519 g/mol. The van der Waals surface area contributed by atoms with Crippen molar-refractivity contribution in [3.8, 4) is 5.75 Å². The van der Waals surface area contributed by atoms with Gasteiger partial charge in [0.1, 0.15) is 17.9 Å². The van der Waals surface area contributed by atoms with Crippen LogP contribution in [0.2, 0.25) is 5.02 Å². The summed E-state index contributed by atoms with van der Waals surface area (Å²) in [5.74, 6) is -0.606. The van der Waals surface area contributed by atoms with Crippen molar-refractivity contribution in [3.63, 3.8) is 0 Å². The number of ether oxygens (including phenoxy) is 1. The molecule has 1 amide bonds. The van der Waals surface area contributed by atoms with E-state index in [2.05, 4.69) is 27.7 Å². The molecule has 1 aliphatic heterocycles. The Bertz CT molecular complexity index is 1300. The van der Waals surface area contributed by atoms with E-state index >= 15 is 0 Å². The van der Waals surface area contributed by atoms with Gasteiger partial charge in [-0.05, 0) is 71.7 Å². The third kappa shape index (κ3) is 6.53. The van der Waals surface area contributed by atoms with Crippen LogP contribution in [0.15, 0.2) is 66.7 Å². The van der Waals surface area contributed by atoms with E-state index in [9.17, 15) is 14.7 Å². The van der Waals surface area contributed by atoms with Gasteiger partial charge in [0, 0.05) is 23.6 Å². The third-order valence-corrected chi connectivity index (χ3v) is 7.28. The summed E-state index contributed by atoms with van der Waals surface area (Å²) in [6.07, 6.45) is 2.22. The number of aryl methyl sites for hydroxylation is 1. The van der Waals surface area contributed by atoms with E-state index in [-0.39, 0.29) is 24.4 Å². The van der Waals surface area contributed by atoms with Gasteiger partial charge in [-0.15, -0.1) is 0 Å². The number of carboxylic acid groups (broad SMARTS) is 1.